The quantitative estimate of drug-likeness (QED) is 0.497. The predicted octanol–water partition coefficient (Wildman–Crippen LogP) is 4.35. The largest absolute Gasteiger partial charge is 0.489 e. The van der Waals surface area contributed by atoms with Crippen molar-refractivity contribution in [2.75, 3.05) is 30.1 Å². The smallest absolute Gasteiger partial charge is 0.336 e. The number of anilines is 2. The first-order valence-electron chi connectivity index (χ1n) is 10.9. The first-order chi connectivity index (χ1) is 15.6. The monoisotopic (exact) mass is 493 g/mol. The number of thioether (sulfide) groups is 1. The maximum atomic E-state index is 13.6. The van der Waals surface area contributed by atoms with Gasteiger partial charge in [-0.2, -0.15) is 0 Å². The number of sulfone groups is 1. The number of benzene rings is 2. The van der Waals surface area contributed by atoms with Crippen LogP contribution in [-0.4, -0.2) is 55.9 Å². The summed E-state index contributed by atoms with van der Waals surface area (Å²) in [4.78, 5) is 13.9. The van der Waals surface area contributed by atoms with Crippen LogP contribution in [0.3, 0.4) is 0 Å². The average molecular weight is 494 g/mol. The first kappa shape index (κ1) is 25.4. The van der Waals surface area contributed by atoms with Crippen molar-refractivity contribution < 1.29 is 28.2 Å². The van der Waals surface area contributed by atoms with E-state index in [4.69, 9.17) is 9.84 Å². The third-order valence-electron chi connectivity index (χ3n) is 5.83. The number of carboxylic acid groups (broad SMARTS) is 1. The molecule has 33 heavy (non-hydrogen) atoms. The molecule has 0 amide bonds. The van der Waals surface area contributed by atoms with Gasteiger partial charge in [-0.15, -0.1) is 11.8 Å². The van der Waals surface area contributed by atoms with Crippen molar-refractivity contribution in [1.29, 1.82) is 0 Å². The van der Waals surface area contributed by atoms with E-state index in [0.717, 1.165) is 24.9 Å². The third-order valence-corrected chi connectivity index (χ3v) is 8.67. The van der Waals surface area contributed by atoms with Crippen LogP contribution < -0.4 is 9.64 Å². The van der Waals surface area contributed by atoms with Crippen LogP contribution in [-0.2, 0) is 14.6 Å². The van der Waals surface area contributed by atoms with E-state index < -0.39 is 33.9 Å². The van der Waals surface area contributed by atoms with Gasteiger partial charge in [0.25, 0.3) is 0 Å². The van der Waals surface area contributed by atoms with Gasteiger partial charge in [-0.05, 0) is 36.3 Å². The number of unbranched alkanes of at least 4 members (excludes halogenated alkanes) is 1. The second-order valence-corrected chi connectivity index (χ2v) is 11.5. The van der Waals surface area contributed by atoms with Crippen LogP contribution in [0.5, 0.6) is 5.75 Å². The number of hydrogen-bond donors (Lipinski definition) is 2. The molecule has 0 aliphatic carbocycles. The van der Waals surface area contributed by atoms with Crippen LogP contribution in [0.15, 0.2) is 52.3 Å². The van der Waals surface area contributed by atoms with Crippen LogP contribution >= 0.6 is 11.8 Å². The van der Waals surface area contributed by atoms with Gasteiger partial charge in [0.1, 0.15) is 12.4 Å². The predicted molar refractivity (Wildman–Crippen MR) is 130 cm³/mol. The highest BCUT2D eigenvalue weighted by molar-refractivity contribution is 7.98. The Bertz CT molecular complexity index is 1090. The SMILES string of the molecule is CCCCC1(C)CN(c2ccccc2)c2cc(SC)c(OC[C@@H](O)C(=O)O)cc2S(=O)(=O)C1. The summed E-state index contributed by atoms with van der Waals surface area (Å²) in [6, 6.07) is 13.0. The molecule has 0 bridgehead atoms. The lowest BCUT2D eigenvalue weighted by Crippen LogP contribution is -2.35. The Morgan fingerprint density at radius 1 is 1.27 bits per heavy atom. The number of aliphatic carboxylic acids is 1. The Morgan fingerprint density at radius 3 is 2.58 bits per heavy atom. The zero-order valence-corrected chi connectivity index (χ0v) is 20.8. The fourth-order valence-electron chi connectivity index (χ4n) is 4.15. The molecule has 0 aromatic heterocycles. The molecule has 3 rings (SSSR count). The summed E-state index contributed by atoms with van der Waals surface area (Å²) in [5.74, 6) is -1.15. The molecule has 0 fully saturated rings. The Balaban J connectivity index is 2.16. The number of rotatable bonds is 9. The van der Waals surface area contributed by atoms with Gasteiger partial charge in [0.05, 0.1) is 21.2 Å². The van der Waals surface area contributed by atoms with Gasteiger partial charge in [-0.25, -0.2) is 13.2 Å². The average Bonchev–Trinajstić information content (AvgIpc) is 2.87. The van der Waals surface area contributed by atoms with Crippen molar-refractivity contribution in [2.45, 2.75) is 49.0 Å². The highest BCUT2D eigenvalue weighted by atomic mass is 32.2. The molecule has 7 nitrogen and oxygen atoms in total. The van der Waals surface area contributed by atoms with E-state index in [1.54, 1.807) is 6.07 Å². The molecule has 2 atom stereocenters. The van der Waals surface area contributed by atoms with Crippen LogP contribution in [0.1, 0.15) is 33.1 Å². The molecule has 2 aromatic rings. The summed E-state index contributed by atoms with van der Waals surface area (Å²) >= 11 is 1.37. The number of carbonyl (C=O) groups is 1. The van der Waals surface area contributed by atoms with E-state index in [-0.39, 0.29) is 16.4 Å². The van der Waals surface area contributed by atoms with Crippen LogP contribution in [0.25, 0.3) is 0 Å². The molecule has 9 heteroatoms. The molecule has 2 N–H and O–H groups in total. The van der Waals surface area contributed by atoms with Gasteiger partial charge < -0.3 is 19.8 Å². The lowest BCUT2D eigenvalue weighted by Gasteiger charge is -2.34. The van der Waals surface area contributed by atoms with Crippen molar-refractivity contribution in [3.8, 4) is 5.75 Å². The number of para-hydroxylation sites is 1. The second-order valence-electron chi connectivity index (χ2n) is 8.73. The maximum Gasteiger partial charge on any atom is 0.336 e. The van der Waals surface area contributed by atoms with Crippen molar-refractivity contribution in [3.63, 3.8) is 0 Å². The third kappa shape index (κ3) is 5.83. The lowest BCUT2D eigenvalue weighted by atomic mass is 9.86. The Kier molecular flexibility index (Phi) is 7.97. The van der Waals surface area contributed by atoms with Crippen molar-refractivity contribution in [1.82, 2.24) is 0 Å². The standard InChI is InChI=1S/C24H31NO6S2/c1-4-5-11-24(2)15-25(17-9-7-6-8-10-17)18-12-21(32-3)20(31-14-19(26)23(27)28)13-22(18)33(29,30)16-24/h6-10,12-13,19,26H,4-5,11,14-16H2,1-3H3,(H,27,28)/t19-,24?/m1/s1. The summed E-state index contributed by atoms with van der Waals surface area (Å²) in [7, 11) is -3.67. The van der Waals surface area contributed by atoms with Gasteiger partial charge in [0.2, 0.25) is 0 Å². The number of aliphatic hydroxyl groups excluding tert-OH is 1. The molecular weight excluding hydrogens is 462 g/mol. The minimum Gasteiger partial charge on any atom is -0.489 e. The van der Waals surface area contributed by atoms with E-state index in [0.29, 0.717) is 17.1 Å². The highest BCUT2D eigenvalue weighted by Gasteiger charge is 2.40. The van der Waals surface area contributed by atoms with Crippen molar-refractivity contribution in [2.24, 2.45) is 5.41 Å². The highest BCUT2D eigenvalue weighted by Crippen LogP contribution is 2.46. The maximum absolute atomic E-state index is 13.6. The van der Waals surface area contributed by atoms with Crippen LogP contribution in [0.2, 0.25) is 0 Å². The lowest BCUT2D eigenvalue weighted by molar-refractivity contribution is -0.148. The molecule has 1 aliphatic rings. The number of hydrogen-bond acceptors (Lipinski definition) is 7. The molecule has 2 aromatic carbocycles. The molecule has 0 saturated heterocycles. The summed E-state index contributed by atoms with van der Waals surface area (Å²) < 4.78 is 32.8. The zero-order valence-electron chi connectivity index (χ0n) is 19.2. The molecule has 0 radical (unpaired) electrons. The van der Waals surface area contributed by atoms with E-state index in [1.807, 2.05) is 43.5 Å². The summed E-state index contributed by atoms with van der Waals surface area (Å²) in [6.45, 7) is 4.20. The number of ether oxygens (including phenoxy) is 1. The molecular formula is C24H31NO6S2. The summed E-state index contributed by atoms with van der Waals surface area (Å²) in [5, 5.41) is 18.6. The van der Waals surface area contributed by atoms with E-state index in [9.17, 15) is 18.3 Å². The minimum atomic E-state index is -3.67. The van der Waals surface area contributed by atoms with Gasteiger partial charge in [0.15, 0.2) is 15.9 Å². The number of carboxylic acids is 1. The Morgan fingerprint density at radius 2 is 1.97 bits per heavy atom. The van der Waals surface area contributed by atoms with Gasteiger partial charge >= 0.3 is 5.97 Å². The topological polar surface area (TPSA) is 104 Å². The Labute approximate surface area is 199 Å². The second kappa shape index (κ2) is 10.4. The molecule has 0 saturated carbocycles. The summed E-state index contributed by atoms with van der Waals surface area (Å²) in [5.41, 5.74) is 1.03. The summed E-state index contributed by atoms with van der Waals surface area (Å²) in [6.07, 6.45) is 2.83. The fraction of sp³-hybridized carbons (Fsp3) is 0.458. The normalized spacial score (nSPS) is 20.5. The molecule has 180 valence electrons. The van der Waals surface area contributed by atoms with Crippen LogP contribution in [0.4, 0.5) is 11.4 Å². The molecule has 1 unspecified atom stereocenters. The first-order valence-corrected chi connectivity index (χ1v) is 13.8. The molecule has 0 spiro atoms. The van der Waals surface area contributed by atoms with Gasteiger partial charge in [-0.1, -0.05) is 44.9 Å². The number of aliphatic hydroxyl groups is 1. The van der Waals surface area contributed by atoms with Gasteiger partial charge in [0, 0.05) is 18.3 Å². The molecule has 1 heterocycles. The van der Waals surface area contributed by atoms with Gasteiger partial charge in [-0.3, -0.25) is 0 Å². The number of fused-ring (bicyclic) bond motifs is 1. The minimum absolute atomic E-state index is 0.00609. The zero-order chi connectivity index (χ0) is 24.2. The van der Waals surface area contributed by atoms with Crippen molar-refractivity contribution >= 4 is 38.9 Å². The fourth-order valence-corrected chi connectivity index (χ4v) is 6.78. The van der Waals surface area contributed by atoms with Crippen LogP contribution in [0, 0.1) is 5.41 Å². The van der Waals surface area contributed by atoms with E-state index in [1.165, 1.54) is 17.8 Å². The van der Waals surface area contributed by atoms with E-state index >= 15 is 0 Å². The van der Waals surface area contributed by atoms with Crippen molar-refractivity contribution in [3.05, 3.63) is 42.5 Å². The molecule has 1 aliphatic heterocycles. The van der Waals surface area contributed by atoms with E-state index in [2.05, 4.69) is 11.8 Å². The number of nitrogens with zero attached hydrogens (tertiary/aromatic N) is 1. The Hall–Kier alpha value is -2.23.